The van der Waals surface area contributed by atoms with Gasteiger partial charge >= 0.3 is 6.03 Å². The number of urea groups is 1. The maximum absolute atomic E-state index is 15.4. The van der Waals surface area contributed by atoms with Crippen molar-refractivity contribution in [2.45, 2.75) is 76.5 Å². The third-order valence-corrected chi connectivity index (χ3v) is 10.3. The van der Waals surface area contributed by atoms with Gasteiger partial charge in [0.15, 0.2) is 11.6 Å². The van der Waals surface area contributed by atoms with Crippen molar-refractivity contribution in [2.24, 2.45) is 0 Å². The first-order valence-electron chi connectivity index (χ1n) is 18.3. The Kier molecular flexibility index (Phi) is 9.60. The summed E-state index contributed by atoms with van der Waals surface area (Å²) in [6.45, 7) is 5.16. The highest BCUT2D eigenvalue weighted by atomic mass is 16.8. The molecule has 0 spiro atoms. The maximum atomic E-state index is 15.4. The van der Waals surface area contributed by atoms with Gasteiger partial charge in [-0.3, -0.25) is 5.10 Å². The van der Waals surface area contributed by atoms with Crippen LogP contribution in [0.3, 0.4) is 0 Å². The molecular formula is C44H45N5O4. The van der Waals surface area contributed by atoms with Gasteiger partial charge in [-0.25, -0.2) is 4.79 Å². The Morgan fingerprint density at radius 2 is 1.19 bits per heavy atom. The SMILES string of the molecule is CC1(C)O[C@@H]2[C@@H](O1)[C@@H](Cc1ccccc1)N(Cc1ccc3[nH]nc(N)c3c1)C(=O)N(Cc1ccc(OCc3ccccc3)cc1)[C@@H]2Cc1ccccc1. The van der Waals surface area contributed by atoms with Gasteiger partial charge in [0, 0.05) is 18.5 Å². The first-order chi connectivity index (χ1) is 25.8. The van der Waals surface area contributed by atoms with Gasteiger partial charge in [0.05, 0.1) is 17.6 Å². The van der Waals surface area contributed by atoms with E-state index in [2.05, 4.69) is 46.6 Å². The monoisotopic (exact) mass is 707 g/mol. The minimum atomic E-state index is -0.848. The summed E-state index contributed by atoms with van der Waals surface area (Å²) in [6.07, 6.45) is 0.412. The second kappa shape index (κ2) is 14.8. The van der Waals surface area contributed by atoms with Crippen molar-refractivity contribution in [1.29, 1.82) is 0 Å². The van der Waals surface area contributed by atoms with Crippen molar-refractivity contribution >= 4 is 22.8 Å². The summed E-state index contributed by atoms with van der Waals surface area (Å²) in [6, 6.07) is 44.2. The number of aromatic amines is 1. The molecule has 0 radical (unpaired) electrons. The van der Waals surface area contributed by atoms with Crippen molar-refractivity contribution in [3.05, 3.63) is 161 Å². The van der Waals surface area contributed by atoms with Gasteiger partial charge < -0.3 is 29.7 Å². The third kappa shape index (κ3) is 7.63. The van der Waals surface area contributed by atoms with Crippen LogP contribution in [0, 0.1) is 0 Å². The number of anilines is 1. The van der Waals surface area contributed by atoms with Gasteiger partial charge in [0.25, 0.3) is 0 Å². The summed E-state index contributed by atoms with van der Waals surface area (Å²) >= 11 is 0. The fourth-order valence-electron chi connectivity index (χ4n) is 7.75. The normalized spacial score (nSPS) is 21.1. The lowest BCUT2D eigenvalue weighted by molar-refractivity contribution is -0.157. The molecule has 1 aromatic heterocycles. The van der Waals surface area contributed by atoms with E-state index in [1.54, 1.807) is 0 Å². The zero-order valence-corrected chi connectivity index (χ0v) is 30.1. The van der Waals surface area contributed by atoms with Crippen LogP contribution in [0.5, 0.6) is 5.75 Å². The topological polar surface area (TPSA) is 106 Å². The fraction of sp³-hybridized carbons (Fsp3) is 0.273. The highest BCUT2D eigenvalue weighted by Gasteiger charge is 2.55. The van der Waals surface area contributed by atoms with Gasteiger partial charge in [-0.1, -0.05) is 109 Å². The Morgan fingerprint density at radius 1 is 0.679 bits per heavy atom. The number of nitrogens with one attached hydrogen (secondary N) is 1. The Labute approximate surface area is 310 Å². The molecule has 0 saturated carbocycles. The average Bonchev–Trinajstić information content (AvgIpc) is 3.70. The molecule has 0 bridgehead atoms. The predicted octanol–water partition coefficient (Wildman–Crippen LogP) is 7.90. The number of nitrogen functional groups attached to an aromatic ring is 1. The van der Waals surface area contributed by atoms with E-state index in [-0.39, 0.29) is 18.1 Å². The molecule has 2 aliphatic rings. The molecule has 6 aromatic rings. The number of nitrogens with zero attached hydrogens (tertiary/aromatic N) is 3. The van der Waals surface area contributed by atoms with Crippen LogP contribution in [0.15, 0.2) is 133 Å². The number of hydrogen-bond donors (Lipinski definition) is 2. The molecule has 3 N–H and O–H groups in total. The Morgan fingerprint density at radius 3 is 1.75 bits per heavy atom. The number of H-pyrrole nitrogens is 1. The molecule has 3 heterocycles. The van der Waals surface area contributed by atoms with E-state index >= 15 is 4.79 Å². The van der Waals surface area contributed by atoms with E-state index < -0.39 is 18.0 Å². The van der Waals surface area contributed by atoms with E-state index in [0.29, 0.717) is 38.4 Å². The van der Waals surface area contributed by atoms with E-state index in [9.17, 15) is 0 Å². The summed E-state index contributed by atoms with van der Waals surface area (Å²) in [4.78, 5) is 19.4. The molecule has 2 fully saturated rings. The van der Waals surface area contributed by atoms with Crippen molar-refractivity contribution in [3.8, 4) is 5.75 Å². The van der Waals surface area contributed by atoms with Gasteiger partial charge in [-0.15, -0.1) is 0 Å². The molecule has 0 aliphatic carbocycles. The summed E-state index contributed by atoms with van der Waals surface area (Å²) < 4.78 is 19.8. The van der Waals surface area contributed by atoms with E-state index in [1.807, 2.05) is 121 Å². The molecule has 0 unspecified atom stereocenters. The Bertz CT molecular complexity index is 2140. The average molecular weight is 708 g/mol. The number of hydrogen-bond acceptors (Lipinski definition) is 6. The van der Waals surface area contributed by atoms with Gasteiger partial charge in [0.2, 0.25) is 0 Å². The van der Waals surface area contributed by atoms with E-state index in [4.69, 9.17) is 19.9 Å². The van der Waals surface area contributed by atoms with Crippen LogP contribution >= 0.6 is 0 Å². The predicted molar refractivity (Wildman–Crippen MR) is 206 cm³/mol. The number of rotatable bonds is 11. The standard InChI is InChI=1S/C44H45N5O4/c1-44(2)52-40-38(25-30-12-6-3-7-13-30)48(27-32-18-21-35(22-19-32)51-29-33-16-10-5-11-17-33)43(50)49(28-34-20-23-37-36(24-34)42(45)47-46-37)39(41(40)53-44)26-31-14-8-4-9-15-31/h3-24,38-41H,25-29H2,1-2H3,(H3,45,46,47)/t38-,39-,40+,41+/m1/s1. The lowest BCUT2D eigenvalue weighted by atomic mass is 9.91. The van der Waals surface area contributed by atoms with Crippen LogP contribution in [-0.4, -0.2) is 56.1 Å². The second-order valence-corrected chi connectivity index (χ2v) is 14.5. The van der Waals surface area contributed by atoms with Crippen molar-refractivity contribution in [1.82, 2.24) is 20.0 Å². The fourth-order valence-corrected chi connectivity index (χ4v) is 7.75. The van der Waals surface area contributed by atoms with Crippen molar-refractivity contribution in [2.75, 3.05) is 5.73 Å². The number of ether oxygens (including phenoxy) is 3. The van der Waals surface area contributed by atoms with Crippen LogP contribution in [0.1, 0.15) is 41.7 Å². The van der Waals surface area contributed by atoms with Crippen LogP contribution in [0.25, 0.3) is 10.9 Å². The number of fused-ring (bicyclic) bond motifs is 2. The van der Waals surface area contributed by atoms with E-state index in [1.165, 1.54) is 0 Å². The molecule has 5 aromatic carbocycles. The number of nitrogens with two attached hydrogens (primary N) is 1. The van der Waals surface area contributed by atoms with Gasteiger partial charge in [0.1, 0.15) is 24.6 Å². The minimum Gasteiger partial charge on any atom is -0.489 e. The smallest absolute Gasteiger partial charge is 0.321 e. The van der Waals surface area contributed by atoms with Crippen LogP contribution < -0.4 is 10.5 Å². The zero-order valence-electron chi connectivity index (χ0n) is 30.1. The van der Waals surface area contributed by atoms with Crippen molar-refractivity contribution in [3.63, 3.8) is 0 Å². The Balaban J connectivity index is 1.19. The second-order valence-electron chi connectivity index (χ2n) is 14.5. The zero-order chi connectivity index (χ0) is 36.4. The highest BCUT2D eigenvalue weighted by molar-refractivity contribution is 5.89. The van der Waals surface area contributed by atoms with Gasteiger partial charge in [-0.2, -0.15) is 5.10 Å². The van der Waals surface area contributed by atoms with Gasteiger partial charge in [-0.05, 0) is 78.8 Å². The molecule has 9 nitrogen and oxygen atoms in total. The quantitative estimate of drug-likeness (QED) is 0.142. The van der Waals surface area contributed by atoms with Crippen LogP contribution in [-0.2, 0) is 42.0 Å². The number of carbonyl (C=O) groups is 1. The third-order valence-electron chi connectivity index (χ3n) is 10.3. The highest BCUT2D eigenvalue weighted by Crippen LogP contribution is 2.40. The lowest BCUT2D eigenvalue weighted by Crippen LogP contribution is -2.51. The first-order valence-corrected chi connectivity index (χ1v) is 18.3. The first kappa shape index (κ1) is 34.4. The van der Waals surface area contributed by atoms with Crippen molar-refractivity contribution < 1.29 is 19.0 Å². The number of aromatic nitrogens is 2. The molecular weight excluding hydrogens is 663 g/mol. The molecule has 2 aliphatic heterocycles. The summed E-state index contributed by atoms with van der Waals surface area (Å²) in [5.74, 6) is 0.354. The maximum Gasteiger partial charge on any atom is 0.321 e. The van der Waals surface area contributed by atoms with E-state index in [0.717, 1.165) is 44.5 Å². The van der Waals surface area contributed by atoms with Crippen LogP contribution in [0.2, 0.25) is 0 Å². The molecule has 2 amide bonds. The summed E-state index contributed by atoms with van der Waals surface area (Å²) in [7, 11) is 0. The molecule has 2 saturated heterocycles. The number of carbonyl (C=O) groups excluding carboxylic acids is 1. The summed E-state index contributed by atoms with van der Waals surface area (Å²) in [5, 5.41) is 8.03. The molecule has 9 heteroatoms. The largest absolute Gasteiger partial charge is 0.489 e. The number of benzene rings is 5. The number of amides is 2. The Hall–Kier alpha value is -5.64. The molecule has 53 heavy (non-hydrogen) atoms. The van der Waals surface area contributed by atoms with Crippen LogP contribution in [0.4, 0.5) is 10.6 Å². The summed E-state index contributed by atoms with van der Waals surface area (Å²) in [5.41, 5.74) is 12.4. The molecule has 8 rings (SSSR count). The lowest BCUT2D eigenvalue weighted by Gasteiger charge is -2.37. The minimum absolute atomic E-state index is 0.0732. The molecule has 270 valence electrons. The molecule has 4 atom stereocenters.